The van der Waals surface area contributed by atoms with Crippen molar-refractivity contribution in [2.45, 2.75) is 13.8 Å². The lowest BCUT2D eigenvalue weighted by molar-refractivity contribution is 0.102. The number of nitrogens with one attached hydrogen (secondary N) is 1. The third-order valence-electron chi connectivity index (χ3n) is 2.87. The van der Waals surface area contributed by atoms with E-state index in [-0.39, 0.29) is 5.91 Å². The molecular formula is C14H12N4O2S. The van der Waals surface area contributed by atoms with Gasteiger partial charge in [-0.2, -0.15) is 0 Å². The highest BCUT2D eigenvalue weighted by Gasteiger charge is 2.20. The van der Waals surface area contributed by atoms with E-state index in [2.05, 4.69) is 25.2 Å². The molecule has 0 fully saturated rings. The summed E-state index contributed by atoms with van der Waals surface area (Å²) in [6, 6.07) is 9.69. The van der Waals surface area contributed by atoms with E-state index in [1.165, 1.54) is 11.3 Å². The summed E-state index contributed by atoms with van der Waals surface area (Å²) in [5.41, 5.74) is 1.87. The van der Waals surface area contributed by atoms with E-state index in [4.69, 9.17) is 0 Å². The van der Waals surface area contributed by atoms with Gasteiger partial charge in [0, 0.05) is 0 Å². The number of hydrogen-bond acceptors (Lipinski definition) is 6. The molecule has 2 aromatic heterocycles. The lowest BCUT2D eigenvalue weighted by atomic mass is 10.1. The smallest absolute Gasteiger partial charge is 0.277 e. The minimum Gasteiger partial charge on any atom is -0.301 e. The second-order valence-corrected chi connectivity index (χ2v) is 5.63. The molecule has 0 saturated carbocycles. The molecule has 0 saturated heterocycles. The maximum atomic E-state index is 12.4. The standard InChI is InChI=1S/C14H12N4O2S/c1-8-13(18-20-17-8)16-14(19)11-12(21-9(2)15-11)10-6-4-3-5-7-10/h3-7H,1-2H3,(H,16,18,19). The van der Waals surface area contributed by atoms with Gasteiger partial charge >= 0.3 is 0 Å². The fourth-order valence-electron chi connectivity index (χ4n) is 1.88. The molecule has 0 spiro atoms. The van der Waals surface area contributed by atoms with Crippen molar-refractivity contribution < 1.29 is 9.42 Å². The number of aromatic nitrogens is 3. The number of carbonyl (C=O) groups excluding carboxylic acids is 1. The fourth-order valence-corrected chi connectivity index (χ4v) is 2.80. The predicted octanol–water partition coefficient (Wildman–Crippen LogP) is 3.06. The van der Waals surface area contributed by atoms with E-state index < -0.39 is 0 Å². The molecule has 0 radical (unpaired) electrons. The molecule has 7 heteroatoms. The minimum atomic E-state index is -0.322. The summed E-state index contributed by atoms with van der Waals surface area (Å²) in [5.74, 6) is -0.0123. The van der Waals surface area contributed by atoms with Crippen molar-refractivity contribution in [1.82, 2.24) is 15.3 Å². The van der Waals surface area contributed by atoms with Crippen molar-refractivity contribution in [3.8, 4) is 10.4 Å². The van der Waals surface area contributed by atoms with Crippen LogP contribution in [-0.4, -0.2) is 21.2 Å². The van der Waals surface area contributed by atoms with Crippen LogP contribution in [0.2, 0.25) is 0 Å². The van der Waals surface area contributed by atoms with Crippen molar-refractivity contribution >= 4 is 23.1 Å². The Kier molecular flexibility index (Phi) is 3.49. The van der Waals surface area contributed by atoms with Crippen LogP contribution in [0, 0.1) is 13.8 Å². The first kappa shape index (κ1) is 13.4. The number of nitrogens with zero attached hydrogens (tertiary/aromatic N) is 3. The van der Waals surface area contributed by atoms with E-state index in [9.17, 15) is 4.79 Å². The van der Waals surface area contributed by atoms with E-state index in [0.29, 0.717) is 17.2 Å². The molecule has 1 amide bonds. The van der Waals surface area contributed by atoms with E-state index >= 15 is 0 Å². The SMILES string of the molecule is Cc1nc(C(=O)Nc2nonc2C)c(-c2ccccc2)s1. The van der Waals surface area contributed by atoms with Crippen LogP contribution in [0.15, 0.2) is 35.0 Å². The molecule has 0 aliphatic carbocycles. The van der Waals surface area contributed by atoms with E-state index in [1.54, 1.807) is 6.92 Å². The molecule has 0 bridgehead atoms. The quantitative estimate of drug-likeness (QED) is 0.804. The summed E-state index contributed by atoms with van der Waals surface area (Å²) < 4.78 is 4.57. The summed E-state index contributed by atoms with van der Waals surface area (Å²) in [6.07, 6.45) is 0. The van der Waals surface area contributed by atoms with Gasteiger partial charge in [0.25, 0.3) is 5.91 Å². The molecule has 1 N–H and O–H groups in total. The van der Waals surface area contributed by atoms with Gasteiger partial charge in [-0.05, 0) is 24.6 Å². The van der Waals surface area contributed by atoms with Crippen LogP contribution in [0.4, 0.5) is 5.82 Å². The number of rotatable bonds is 3. The van der Waals surface area contributed by atoms with Crippen LogP contribution < -0.4 is 5.32 Å². The van der Waals surface area contributed by atoms with Crippen LogP contribution in [0.5, 0.6) is 0 Å². The number of aryl methyl sites for hydroxylation is 2. The maximum absolute atomic E-state index is 12.4. The number of amides is 1. The molecule has 3 rings (SSSR count). The lowest BCUT2D eigenvalue weighted by Gasteiger charge is -2.02. The van der Waals surface area contributed by atoms with Gasteiger partial charge in [0.15, 0.2) is 0 Å². The molecular weight excluding hydrogens is 288 g/mol. The summed E-state index contributed by atoms with van der Waals surface area (Å²) in [5, 5.41) is 10.8. The summed E-state index contributed by atoms with van der Waals surface area (Å²) in [6.45, 7) is 3.58. The molecule has 3 aromatic rings. The Morgan fingerprint density at radius 2 is 1.95 bits per heavy atom. The van der Waals surface area contributed by atoms with Crippen molar-refractivity contribution in [2.75, 3.05) is 5.32 Å². The molecule has 6 nitrogen and oxygen atoms in total. The van der Waals surface area contributed by atoms with Crippen molar-refractivity contribution in [3.05, 3.63) is 46.7 Å². The highest BCUT2D eigenvalue weighted by molar-refractivity contribution is 7.15. The topological polar surface area (TPSA) is 80.9 Å². The van der Waals surface area contributed by atoms with Gasteiger partial charge < -0.3 is 5.32 Å². The van der Waals surface area contributed by atoms with E-state index in [1.807, 2.05) is 37.3 Å². The number of hydrogen-bond donors (Lipinski definition) is 1. The second kappa shape index (κ2) is 5.45. The number of carbonyl (C=O) groups is 1. The Hall–Kier alpha value is -2.54. The van der Waals surface area contributed by atoms with E-state index in [0.717, 1.165) is 15.4 Å². The van der Waals surface area contributed by atoms with Gasteiger partial charge in [-0.1, -0.05) is 35.5 Å². The summed E-state index contributed by atoms with van der Waals surface area (Å²) >= 11 is 1.48. The third-order valence-corrected chi connectivity index (χ3v) is 3.89. The molecule has 0 unspecified atom stereocenters. The zero-order valence-corrected chi connectivity index (χ0v) is 12.3. The number of anilines is 1. The van der Waals surface area contributed by atoms with Crippen LogP contribution >= 0.6 is 11.3 Å². The number of thiazole rings is 1. The Morgan fingerprint density at radius 1 is 1.19 bits per heavy atom. The van der Waals surface area contributed by atoms with Gasteiger partial charge in [-0.15, -0.1) is 11.3 Å². The van der Waals surface area contributed by atoms with Gasteiger partial charge in [0.2, 0.25) is 5.82 Å². The average molecular weight is 300 g/mol. The minimum absolute atomic E-state index is 0.310. The van der Waals surface area contributed by atoms with Gasteiger partial charge in [-0.3, -0.25) is 4.79 Å². The Balaban J connectivity index is 1.96. The molecule has 106 valence electrons. The monoisotopic (exact) mass is 300 g/mol. The van der Waals surface area contributed by atoms with Crippen molar-refractivity contribution in [2.24, 2.45) is 0 Å². The van der Waals surface area contributed by atoms with Crippen molar-refractivity contribution in [1.29, 1.82) is 0 Å². The Bertz CT molecular complexity index is 779. The molecule has 1 aromatic carbocycles. The Labute approximate surface area is 124 Å². The van der Waals surface area contributed by atoms with Crippen molar-refractivity contribution in [3.63, 3.8) is 0 Å². The van der Waals surface area contributed by atoms with Crippen LogP contribution in [-0.2, 0) is 0 Å². The largest absolute Gasteiger partial charge is 0.301 e. The lowest BCUT2D eigenvalue weighted by Crippen LogP contribution is -2.14. The third kappa shape index (κ3) is 2.68. The van der Waals surface area contributed by atoms with Crippen LogP contribution in [0.25, 0.3) is 10.4 Å². The average Bonchev–Trinajstić information content (AvgIpc) is 3.06. The first-order valence-corrected chi connectivity index (χ1v) is 7.10. The highest BCUT2D eigenvalue weighted by atomic mass is 32.1. The normalized spacial score (nSPS) is 10.6. The molecule has 2 heterocycles. The maximum Gasteiger partial charge on any atom is 0.277 e. The number of benzene rings is 1. The second-order valence-electron chi connectivity index (χ2n) is 4.43. The molecule has 0 aliphatic rings. The first-order chi connectivity index (χ1) is 10.1. The zero-order valence-electron chi connectivity index (χ0n) is 11.5. The van der Waals surface area contributed by atoms with Crippen LogP contribution in [0.1, 0.15) is 21.2 Å². The van der Waals surface area contributed by atoms with Gasteiger partial charge in [0.1, 0.15) is 11.4 Å². The Morgan fingerprint density at radius 3 is 2.62 bits per heavy atom. The first-order valence-electron chi connectivity index (χ1n) is 6.28. The molecule has 21 heavy (non-hydrogen) atoms. The zero-order chi connectivity index (χ0) is 14.8. The molecule has 0 aliphatic heterocycles. The molecule has 0 atom stereocenters. The van der Waals surface area contributed by atoms with Gasteiger partial charge in [0.05, 0.1) is 9.88 Å². The predicted molar refractivity (Wildman–Crippen MR) is 79.3 cm³/mol. The van der Waals surface area contributed by atoms with Crippen LogP contribution in [0.3, 0.4) is 0 Å². The fraction of sp³-hybridized carbons (Fsp3) is 0.143. The highest BCUT2D eigenvalue weighted by Crippen LogP contribution is 2.30. The van der Waals surface area contributed by atoms with Gasteiger partial charge in [-0.25, -0.2) is 9.61 Å². The summed E-state index contributed by atoms with van der Waals surface area (Å²) in [4.78, 5) is 17.6. The summed E-state index contributed by atoms with van der Waals surface area (Å²) in [7, 11) is 0.